The molecule has 1 amide bonds. The number of hydrogen-bond donors (Lipinski definition) is 1. The second-order valence-corrected chi connectivity index (χ2v) is 7.80. The predicted octanol–water partition coefficient (Wildman–Crippen LogP) is 3.12. The van der Waals surface area contributed by atoms with E-state index in [1.807, 2.05) is 30.3 Å². The highest BCUT2D eigenvalue weighted by Gasteiger charge is 2.22. The third kappa shape index (κ3) is 4.44. The molecular formula is C24H26N6O. The van der Waals surface area contributed by atoms with Crippen LogP contribution in [-0.4, -0.2) is 53.3 Å². The lowest BCUT2D eigenvalue weighted by molar-refractivity contribution is -0.117. The molecule has 7 nitrogen and oxygen atoms in total. The number of carbonyl (C=O) groups is 1. The standard InChI is InChI=1S/C24H26N6O/c1-18-7-6-10-22(19(18)2)29-13-11-28(12-14-29)17-23(31)27-24-20(15-25)16-26-30(24)21-8-4-3-5-9-21/h3-10,16H,11-14,17H2,1-2H3,(H,27,31). The molecule has 0 saturated carbocycles. The maximum atomic E-state index is 12.8. The minimum atomic E-state index is -0.144. The molecule has 0 bridgehead atoms. The molecule has 0 aliphatic carbocycles. The summed E-state index contributed by atoms with van der Waals surface area (Å²) in [7, 11) is 0. The Morgan fingerprint density at radius 2 is 1.81 bits per heavy atom. The number of benzene rings is 2. The molecule has 1 saturated heterocycles. The normalized spacial score (nSPS) is 14.3. The molecule has 1 aromatic heterocycles. The molecule has 0 unspecified atom stereocenters. The number of aryl methyl sites for hydroxylation is 1. The van der Waals surface area contributed by atoms with E-state index in [0.29, 0.717) is 11.4 Å². The van der Waals surface area contributed by atoms with Crippen LogP contribution in [0, 0.1) is 25.2 Å². The van der Waals surface area contributed by atoms with Gasteiger partial charge in [0.1, 0.15) is 11.6 Å². The van der Waals surface area contributed by atoms with Crippen LogP contribution in [0.4, 0.5) is 11.5 Å². The largest absolute Gasteiger partial charge is 0.369 e. The SMILES string of the molecule is Cc1cccc(N2CCN(CC(=O)Nc3c(C#N)cnn3-c3ccccc3)CC2)c1C. The van der Waals surface area contributed by atoms with E-state index in [9.17, 15) is 10.1 Å². The number of hydrogen-bond acceptors (Lipinski definition) is 5. The van der Waals surface area contributed by atoms with E-state index in [4.69, 9.17) is 0 Å². The number of nitriles is 1. The van der Waals surface area contributed by atoms with Crippen LogP contribution in [-0.2, 0) is 4.79 Å². The van der Waals surface area contributed by atoms with E-state index in [1.54, 1.807) is 4.68 Å². The number of rotatable bonds is 5. The lowest BCUT2D eigenvalue weighted by Crippen LogP contribution is -2.49. The van der Waals surface area contributed by atoms with Crippen molar-refractivity contribution in [3.05, 3.63) is 71.4 Å². The monoisotopic (exact) mass is 414 g/mol. The Labute approximate surface area is 182 Å². The number of amides is 1. The zero-order valence-electron chi connectivity index (χ0n) is 17.9. The average Bonchev–Trinajstić information content (AvgIpc) is 3.19. The fraction of sp³-hybridized carbons (Fsp3) is 0.292. The number of aromatic nitrogens is 2. The first kappa shape index (κ1) is 20.6. The van der Waals surface area contributed by atoms with Crippen molar-refractivity contribution in [2.75, 3.05) is 42.9 Å². The molecule has 0 atom stereocenters. The molecule has 2 aromatic carbocycles. The zero-order chi connectivity index (χ0) is 21.8. The first-order valence-electron chi connectivity index (χ1n) is 10.4. The summed E-state index contributed by atoms with van der Waals surface area (Å²) in [4.78, 5) is 17.3. The van der Waals surface area contributed by atoms with Crippen LogP contribution in [0.5, 0.6) is 0 Å². The zero-order valence-corrected chi connectivity index (χ0v) is 17.9. The van der Waals surface area contributed by atoms with Gasteiger partial charge in [-0.15, -0.1) is 0 Å². The van der Waals surface area contributed by atoms with E-state index in [1.165, 1.54) is 23.0 Å². The summed E-state index contributed by atoms with van der Waals surface area (Å²) in [5, 5.41) is 16.6. The highest BCUT2D eigenvalue weighted by Crippen LogP contribution is 2.24. The number of anilines is 2. The van der Waals surface area contributed by atoms with E-state index in [2.05, 4.69) is 58.3 Å². The summed E-state index contributed by atoms with van der Waals surface area (Å²) in [6, 6.07) is 18.0. The van der Waals surface area contributed by atoms with E-state index in [0.717, 1.165) is 31.9 Å². The Morgan fingerprint density at radius 3 is 2.52 bits per heavy atom. The van der Waals surface area contributed by atoms with Crippen molar-refractivity contribution < 1.29 is 4.79 Å². The molecule has 1 N–H and O–H groups in total. The quantitative estimate of drug-likeness (QED) is 0.694. The van der Waals surface area contributed by atoms with Crippen LogP contribution >= 0.6 is 0 Å². The lowest BCUT2D eigenvalue weighted by Gasteiger charge is -2.36. The van der Waals surface area contributed by atoms with Crippen LogP contribution in [0.1, 0.15) is 16.7 Å². The minimum Gasteiger partial charge on any atom is -0.369 e. The Morgan fingerprint density at radius 1 is 1.06 bits per heavy atom. The van der Waals surface area contributed by atoms with Crippen LogP contribution in [0.3, 0.4) is 0 Å². The van der Waals surface area contributed by atoms with Crippen molar-refractivity contribution in [3.8, 4) is 11.8 Å². The van der Waals surface area contributed by atoms with Gasteiger partial charge in [0.25, 0.3) is 0 Å². The Kier molecular flexibility index (Phi) is 6.01. The third-order valence-electron chi connectivity index (χ3n) is 5.80. The van der Waals surface area contributed by atoms with Gasteiger partial charge in [-0.3, -0.25) is 9.69 Å². The molecule has 1 aliphatic heterocycles. The van der Waals surface area contributed by atoms with Gasteiger partial charge in [0.15, 0.2) is 5.82 Å². The van der Waals surface area contributed by atoms with E-state index in [-0.39, 0.29) is 12.5 Å². The van der Waals surface area contributed by atoms with Gasteiger partial charge in [0, 0.05) is 31.9 Å². The lowest BCUT2D eigenvalue weighted by atomic mass is 10.1. The summed E-state index contributed by atoms with van der Waals surface area (Å²) in [6.45, 7) is 7.95. The van der Waals surface area contributed by atoms with Gasteiger partial charge in [-0.05, 0) is 43.2 Å². The van der Waals surface area contributed by atoms with Crippen LogP contribution < -0.4 is 10.2 Å². The van der Waals surface area contributed by atoms with Crippen molar-refractivity contribution >= 4 is 17.4 Å². The predicted molar refractivity (Wildman–Crippen MR) is 121 cm³/mol. The van der Waals surface area contributed by atoms with Gasteiger partial charge >= 0.3 is 0 Å². The van der Waals surface area contributed by atoms with Crippen LogP contribution in [0.25, 0.3) is 5.69 Å². The summed E-state index contributed by atoms with van der Waals surface area (Å²) in [5.74, 6) is 0.266. The van der Waals surface area contributed by atoms with Crippen molar-refractivity contribution in [1.29, 1.82) is 5.26 Å². The van der Waals surface area contributed by atoms with Crippen molar-refractivity contribution in [2.24, 2.45) is 0 Å². The van der Waals surface area contributed by atoms with Gasteiger partial charge in [-0.2, -0.15) is 10.4 Å². The number of piperazine rings is 1. The summed E-state index contributed by atoms with van der Waals surface area (Å²) in [5.41, 5.74) is 5.02. The molecule has 3 aromatic rings. The second kappa shape index (κ2) is 9.02. The topological polar surface area (TPSA) is 77.2 Å². The molecule has 2 heterocycles. The molecule has 1 fully saturated rings. The Balaban J connectivity index is 1.39. The first-order valence-corrected chi connectivity index (χ1v) is 10.4. The third-order valence-corrected chi connectivity index (χ3v) is 5.80. The molecule has 31 heavy (non-hydrogen) atoms. The smallest absolute Gasteiger partial charge is 0.239 e. The van der Waals surface area contributed by atoms with E-state index >= 15 is 0 Å². The number of carbonyl (C=O) groups excluding carboxylic acids is 1. The fourth-order valence-electron chi connectivity index (χ4n) is 3.92. The molecule has 7 heteroatoms. The molecule has 0 radical (unpaired) electrons. The average molecular weight is 415 g/mol. The second-order valence-electron chi connectivity index (χ2n) is 7.80. The van der Waals surface area contributed by atoms with Crippen molar-refractivity contribution in [1.82, 2.24) is 14.7 Å². The van der Waals surface area contributed by atoms with Gasteiger partial charge < -0.3 is 10.2 Å². The Hall–Kier alpha value is -3.63. The first-order chi connectivity index (χ1) is 15.1. The molecule has 4 rings (SSSR count). The van der Waals surface area contributed by atoms with Gasteiger partial charge in [-0.25, -0.2) is 4.68 Å². The van der Waals surface area contributed by atoms with Gasteiger partial charge in [0.05, 0.1) is 18.4 Å². The van der Waals surface area contributed by atoms with Crippen molar-refractivity contribution in [3.63, 3.8) is 0 Å². The summed E-state index contributed by atoms with van der Waals surface area (Å²) < 4.78 is 1.59. The van der Waals surface area contributed by atoms with E-state index < -0.39 is 0 Å². The molecule has 0 spiro atoms. The number of nitrogens with zero attached hydrogens (tertiary/aromatic N) is 5. The van der Waals surface area contributed by atoms with Crippen molar-refractivity contribution in [2.45, 2.75) is 13.8 Å². The number of nitrogens with one attached hydrogen (secondary N) is 1. The minimum absolute atomic E-state index is 0.144. The molecular weight excluding hydrogens is 388 g/mol. The summed E-state index contributed by atoms with van der Waals surface area (Å²) >= 11 is 0. The number of para-hydroxylation sites is 1. The highest BCUT2D eigenvalue weighted by molar-refractivity contribution is 5.93. The van der Waals surface area contributed by atoms with Crippen LogP contribution in [0.15, 0.2) is 54.7 Å². The fourth-order valence-corrected chi connectivity index (χ4v) is 3.92. The van der Waals surface area contributed by atoms with Gasteiger partial charge in [-0.1, -0.05) is 30.3 Å². The Bertz CT molecular complexity index is 1110. The maximum absolute atomic E-state index is 12.8. The highest BCUT2D eigenvalue weighted by atomic mass is 16.2. The van der Waals surface area contributed by atoms with Crippen LogP contribution in [0.2, 0.25) is 0 Å². The summed E-state index contributed by atoms with van der Waals surface area (Å²) in [6.07, 6.45) is 1.48. The molecule has 158 valence electrons. The van der Waals surface area contributed by atoms with Gasteiger partial charge in [0.2, 0.25) is 5.91 Å². The maximum Gasteiger partial charge on any atom is 0.239 e. The molecule has 1 aliphatic rings.